The molecule has 160 valence electrons. The number of anilines is 2. The summed E-state index contributed by atoms with van der Waals surface area (Å²) in [5.74, 6) is 1.03. The van der Waals surface area contributed by atoms with Crippen molar-refractivity contribution >= 4 is 23.5 Å². The van der Waals surface area contributed by atoms with Crippen molar-refractivity contribution in [1.29, 1.82) is 0 Å². The lowest BCUT2D eigenvalue weighted by molar-refractivity contribution is 0.181. The fourth-order valence-electron chi connectivity index (χ4n) is 3.06. The van der Waals surface area contributed by atoms with Crippen LogP contribution < -0.4 is 25.0 Å². The van der Waals surface area contributed by atoms with Gasteiger partial charge in [0, 0.05) is 11.4 Å². The second-order valence-electron chi connectivity index (χ2n) is 6.62. The molecule has 1 heterocycles. The van der Waals surface area contributed by atoms with Gasteiger partial charge in [0.2, 0.25) is 0 Å². The number of benzene rings is 2. The summed E-state index contributed by atoms with van der Waals surface area (Å²) >= 11 is 0. The van der Waals surface area contributed by atoms with Crippen LogP contribution in [0.4, 0.5) is 21.0 Å². The van der Waals surface area contributed by atoms with E-state index >= 15 is 0 Å². The number of carbonyl (C=O) groups excluding carboxylic acids is 2. The molecular weight excluding hydrogens is 390 g/mol. The van der Waals surface area contributed by atoms with Gasteiger partial charge in [0.1, 0.15) is 13.2 Å². The Labute approximate surface area is 174 Å². The topological polar surface area (TPSA) is 109 Å². The van der Waals surface area contributed by atoms with E-state index in [0.717, 1.165) is 5.56 Å². The van der Waals surface area contributed by atoms with Gasteiger partial charge in [0.25, 0.3) is 0 Å². The van der Waals surface area contributed by atoms with Crippen molar-refractivity contribution in [2.75, 3.05) is 43.7 Å². The number of nitrogens with zero attached hydrogens (tertiary/aromatic N) is 1. The second-order valence-corrected chi connectivity index (χ2v) is 6.62. The van der Waals surface area contributed by atoms with Crippen LogP contribution in [0.3, 0.4) is 0 Å². The third-order valence-corrected chi connectivity index (χ3v) is 4.56. The second kappa shape index (κ2) is 9.84. The maximum atomic E-state index is 12.4. The molecule has 3 rings (SSSR count). The third-order valence-electron chi connectivity index (χ3n) is 4.56. The zero-order valence-corrected chi connectivity index (χ0v) is 16.9. The van der Waals surface area contributed by atoms with E-state index in [-0.39, 0.29) is 25.3 Å². The Morgan fingerprint density at radius 2 is 2.10 bits per heavy atom. The molecule has 0 spiro atoms. The highest BCUT2D eigenvalue weighted by Crippen LogP contribution is 2.30. The molecule has 0 bridgehead atoms. The van der Waals surface area contributed by atoms with Gasteiger partial charge in [-0.2, -0.15) is 0 Å². The normalized spacial score (nSPS) is 14.1. The number of carbonyl (C=O) groups is 2. The SMILES string of the molecule is COc1cc(C(C)NC(=O)Nc2cccc(N3CCOC3=O)c2)ccc1OCCO. The van der Waals surface area contributed by atoms with Crippen molar-refractivity contribution in [3.63, 3.8) is 0 Å². The number of methoxy groups -OCH3 is 1. The number of aliphatic hydroxyl groups is 1. The van der Waals surface area contributed by atoms with Gasteiger partial charge in [-0.05, 0) is 42.8 Å². The summed E-state index contributed by atoms with van der Waals surface area (Å²) < 4.78 is 15.7. The molecule has 9 nitrogen and oxygen atoms in total. The number of aliphatic hydroxyl groups excluding tert-OH is 1. The molecular formula is C21H25N3O6. The van der Waals surface area contributed by atoms with Gasteiger partial charge in [-0.25, -0.2) is 9.59 Å². The van der Waals surface area contributed by atoms with Crippen molar-refractivity contribution < 1.29 is 28.9 Å². The van der Waals surface area contributed by atoms with Crippen molar-refractivity contribution in [2.24, 2.45) is 0 Å². The molecule has 1 aliphatic rings. The molecule has 0 aliphatic carbocycles. The van der Waals surface area contributed by atoms with Crippen LogP contribution in [-0.2, 0) is 4.74 Å². The minimum atomic E-state index is -0.398. The van der Waals surface area contributed by atoms with Crippen molar-refractivity contribution in [3.05, 3.63) is 48.0 Å². The minimum absolute atomic E-state index is 0.0941. The highest BCUT2D eigenvalue weighted by Gasteiger charge is 2.23. The molecule has 3 N–H and O–H groups in total. The van der Waals surface area contributed by atoms with E-state index in [1.165, 1.54) is 12.0 Å². The summed E-state index contributed by atoms with van der Waals surface area (Å²) in [6, 6.07) is 11.6. The average molecular weight is 415 g/mol. The summed E-state index contributed by atoms with van der Waals surface area (Å²) in [6.07, 6.45) is -0.398. The zero-order valence-electron chi connectivity index (χ0n) is 16.9. The Kier molecular flexibility index (Phi) is 6.97. The smallest absolute Gasteiger partial charge is 0.414 e. The van der Waals surface area contributed by atoms with E-state index in [1.807, 2.05) is 13.0 Å². The van der Waals surface area contributed by atoms with Crippen LogP contribution in [0.5, 0.6) is 11.5 Å². The molecule has 2 aromatic carbocycles. The summed E-state index contributed by atoms with van der Waals surface area (Å²) in [6.45, 7) is 2.75. The van der Waals surface area contributed by atoms with Crippen LogP contribution in [0.25, 0.3) is 0 Å². The summed E-state index contributed by atoms with van der Waals surface area (Å²) in [5.41, 5.74) is 2.04. The van der Waals surface area contributed by atoms with E-state index in [0.29, 0.717) is 36.0 Å². The van der Waals surface area contributed by atoms with E-state index in [4.69, 9.17) is 19.3 Å². The zero-order chi connectivity index (χ0) is 21.5. The molecule has 2 aromatic rings. The monoisotopic (exact) mass is 415 g/mol. The fraction of sp³-hybridized carbons (Fsp3) is 0.333. The van der Waals surface area contributed by atoms with E-state index < -0.39 is 6.09 Å². The molecule has 0 radical (unpaired) electrons. The van der Waals surface area contributed by atoms with Gasteiger partial charge in [-0.1, -0.05) is 12.1 Å². The lowest BCUT2D eigenvalue weighted by atomic mass is 10.1. The predicted molar refractivity (Wildman–Crippen MR) is 111 cm³/mol. The van der Waals surface area contributed by atoms with E-state index in [2.05, 4.69) is 10.6 Å². The predicted octanol–water partition coefficient (Wildman–Crippen LogP) is 2.91. The Hall–Kier alpha value is -3.46. The number of nitrogens with one attached hydrogen (secondary N) is 2. The van der Waals surface area contributed by atoms with Gasteiger partial charge in [-0.3, -0.25) is 4.90 Å². The average Bonchev–Trinajstić information content (AvgIpc) is 3.18. The van der Waals surface area contributed by atoms with Crippen molar-refractivity contribution in [3.8, 4) is 11.5 Å². The van der Waals surface area contributed by atoms with Gasteiger partial charge in [-0.15, -0.1) is 0 Å². The molecule has 1 aliphatic heterocycles. The van der Waals surface area contributed by atoms with Gasteiger partial charge in [0.15, 0.2) is 11.5 Å². The fourth-order valence-corrected chi connectivity index (χ4v) is 3.06. The first-order valence-electron chi connectivity index (χ1n) is 9.55. The highest BCUT2D eigenvalue weighted by molar-refractivity contribution is 5.93. The molecule has 0 saturated carbocycles. The number of rotatable bonds is 8. The Balaban J connectivity index is 1.63. The molecule has 1 unspecified atom stereocenters. The van der Waals surface area contributed by atoms with Crippen LogP contribution in [0.15, 0.2) is 42.5 Å². The van der Waals surface area contributed by atoms with Crippen molar-refractivity contribution in [1.82, 2.24) is 5.32 Å². The molecule has 1 atom stereocenters. The molecule has 1 saturated heterocycles. The summed E-state index contributed by atoms with van der Waals surface area (Å²) in [5, 5.41) is 14.5. The van der Waals surface area contributed by atoms with Crippen LogP contribution in [0.2, 0.25) is 0 Å². The molecule has 9 heteroatoms. The molecule has 0 aromatic heterocycles. The van der Waals surface area contributed by atoms with Crippen LogP contribution >= 0.6 is 0 Å². The highest BCUT2D eigenvalue weighted by atomic mass is 16.6. The number of hydrogen-bond acceptors (Lipinski definition) is 6. The Morgan fingerprint density at radius 3 is 2.80 bits per heavy atom. The van der Waals surface area contributed by atoms with Crippen LogP contribution in [-0.4, -0.2) is 50.7 Å². The molecule has 30 heavy (non-hydrogen) atoms. The van der Waals surface area contributed by atoms with Gasteiger partial charge >= 0.3 is 12.1 Å². The number of cyclic esters (lactones) is 1. The number of urea groups is 1. The molecule has 1 fully saturated rings. The minimum Gasteiger partial charge on any atom is -0.493 e. The largest absolute Gasteiger partial charge is 0.493 e. The van der Waals surface area contributed by atoms with Crippen LogP contribution in [0, 0.1) is 0 Å². The van der Waals surface area contributed by atoms with Gasteiger partial charge in [0.05, 0.1) is 26.3 Å². The lowest BCUT2D eigenvalue weighted by Gasteiger charge is -2.18. The first-order chi connectivity index (χ1) is 14.5. The van der Waals surface area contributed by atoms with Crippen molar-refractivity contribution in [2.45, 2.75) is 13.0 Å². The first-order valence-corrected chi connectivity index (χ1v) is 9.55. The lowest BCUT2D eigenvalue weighted by Crippen LogP contribution is -2.31. The first kappa shape index (κ1) is 21.3. The van der Waals surface area contributed by atoms with E-state index in [1.54, 1.807) is 36.4 Å². The Morgan fingerprint density at radius 1 is 1.27 bits per heavy atom. The molecule has 3 amide bonds. The third kappa shape index (κ3) is 5.12. The van der Waals surface area contributed by atoms with Gasteiger partial charge < -0.3 is 30.0 Å². The summed E-state index contributed by atoms with van der Waals surface area (Å²) in [7, 11) is 1.53. The maximum absolute atomic E-state index is 12.4. The Bertz CT molecular complexity index is 904. The number of ether oxygens (including phenoxy) is 3. The quantitative estimate of drug-likeness (QED) is 0.612. The standard InChI is InChI=1S/C21H25N3O6/c1-14(15-6-7-18(29-11-9-25)19(12-15)28-2)22-20(26)23-16-4-3-5-17(13-16)24-8-10-30-21(24)27/h3-7,12-14,25H,8-11H2,1-2H3,(H2,22,23,26). The maximum Gasteiger partial charge on any atom is 0.414 e. The summed E-state index contributed by atoms with van der Waals surface area (Å²) in [4.78, 5) is 25.7. The van der Waals surface area contributed by atoms with E-state index in [9.17, 15) is 9.59 Å². The number of amides is 3. The van der Waals surface area contributed by atoms with Crippen LogP contribution in [0.1, 0.15) is 18.5 Å². The number of hydrogen-bond donors (Lipinski definition) is 3.